The molecule has 4 nitrogen and oxygen atoms in total. The van der Waals surface area contributed by atoms with Crippen molar-refractivity contribution in [1.82, 2.24) is 0 Å². The smallest absolute Gasteiger partial charge is 0.195 e. The molecule has 0 heterocycles. The first kappa shape index (κ1) is 15.7. The average molecular weight is 350 g/mol. The molecule has 1 unspecified atom stereocenters. The van der Waals surface area contributed by atoms with Crippen molar-refractivity contribution in [3.8, 4) is 0 Å². The predicted octanol–water partition coefficient (Wildman–Crippen LogP) is 2.45. The van der Waals surface area contributed by atoms with Crippen molar-refractivity contribution in [2.75, 3.05) is 18.5 Å². The lowest BCUT2D eigenvalue weighted by atomic mass is 10.0. The molecule has 21 heavy (non-hydrogen) atoms. The molecular formula is C16H16BrNO3. The van der Waals surface area contributed by atoms with Crippen molar-refractivity contribution in [2.45, 2.75) is 6.10 Å². The fourth-order valence-corrected chi connectivity index (χ4v) is 2.15. The van der Waals surface area contributed by atoms with Crippen LogP contribution in [-0.4, -0.2) is 35.3 Å². The van der Waals surface area contributed by atoms with Crippen LogP contribution in [0.25, 0.3) is 0 Å². The number of rotatable bonds is 6. The van der Waals surface area contributed by atoms with Crippen LogP contribution in [0, 0.1) is 0 Å². The van der Waals surface area contributed by atoms with Gasteiger partial charge in [0.15, 0.2) is 5.78 Å². The molecule has 2 aromatic rings. The topological polar surface area (TPSA) is 69.6 Å². The Balaban J connectivity index is 2.22. The highest BCUT2D eigenvalue weighted by Gasteiger charge is 2.13. The number of anilines is 1. The van der Waals surface area contributed by atoms with E-state index in [1.165, 1.54) is 0 Å². The number of nitrogens with one attached hydrogen (secondary N) is 1. The van der Waals surface area contributed by atoms with E-state index in [1.807, 2.05) is 18.2 Å². The summed E-state index contributed by atoms with van der Waals surface area (Å²) >= 11 is 3.34. The first-order valence-electron chi connectivity index (χ1n) is 6.54. The second kappa shape index (κ2) is 7.36. The van der Waals surface area contributed by atoms with E-state index in [0.29, 0.717) is 16.8 Å². The maximum atomic E-state index is 12.5. The van der Waals surface area contributed by atoms with Gasteiger partial charge in [0.25, 0.3) is 0 Å². The Kier molecular flexibility index (Phi) is 5.50. The summed E-state index contributed by atoms with van der Waals surface area (Å²) in [5.74, 6) is -0.0934. The number of para-hydroxylation sites is 1. The van der Waals surface area contributed by atoms with E-state index in [1.54, 1.807) is 30.3 Å². The summed E-state index contributed by atoms with van der Waals surface area (Å²) in [5, 5.41) is 21.2. The lowest BCUT2D eigenvalue weighted by Crippen LogP contribution is -2.23. The van der Waals surface area contributed by atoms with E-state index in [2.05, 4.69) is 21.2 Å². The Morgan fingerprint density at radius 2 is 1.81 bits per heavy atom. The van der Waals surface area contributed by atoms with Crippen LogP contribution >= 0.6 is 15.9 Å². The number of benzene rings is 2. The zero-order valence-electron chi connectivity index (χ0n) is 11.3. The Morgan fingerprint density at radius 3 is 2.48 bits per heavy atom. The van der Waals surface area contributed by atoms with Gasteiger partial charge >= 0.3 is 0 Å². The van der Waals surface area contributed by atoms with Gasteiger partial charge in [0.2, 0.25) is 0 Å². The van der Waals surface area contributed by atoms with Crippen LogP contribution < -0.4 is 5.32 Å². The number of carbonyl (C=O) groups is 1. The molecule has 0 fully saturated rings. The molecular weight excluding hydrogens is 334 g/mol. The molecule has 0 aromatic heterocycles. The second-order valence-corrected chi connectivity index (χ2v) is 5.51. The second-order valence-electron chi connectivity index (χ2n) is 4.60. The van der Waals surface area contributed by atoms with Gasteiger partial charge in [0.05, 0.1) is 12.7 Å². The lowest BCUT2D eigenvalue weighted by molar-refractivity contribution is 0.103. The standard InChI is InChI=1S/C16H16BrNO3/c17-12-7-5-11(6-8-12)16(21)14-3-1-2-4-15(14)18-9-13(20)10-19/h1-8,13,18-20H,9-10H2. The van der Waals surface area contributed by atoms with Gasteiger partial charge in [-0.1, -0.05) is 28.1 Å². The molecule has 2 aromatic carbocycles. The van der Waals surface area contributed by atoms with Crippen LogP contribution in [0.15, 0.2) is 53.0 Å². The van der Waals surface area contributed by atoms with E-state index in [4.69, 9.17) is 5.11 Å². The molecule has 110 valence electrons. The number of aliphatic hydroxyl groups is 2. The number of hydrogen-bond donors (Lipinski definition) is 3. The van der Waals surface area contributed by atoms with Gasteiger partial charge in [0.1, 0.15) is 0 Å². The lowest BCUT2D eigenvalue weighted by Gasteiger charge is -2.13. The summed E-state index contributed by atoms with van der Waals surface area (Å²) in [7, 11) is 0. The normalized spacial score (nSPS) is 12.0. The highest BCUT2D eigenvalue weighted by molar-refractivity contribution is 9.10. The minimum atomic E-state index is -0.860. The third kappa shape index (κ3) is 4.14. The predicted molar refractivity (Wildman–Crippen MR) is 85.6 cm³/mol. The summed E-state index contributed by atoms with van der Waals surface area (Å²) in [4.78, 5) is 12.5. The van der Waals surface area contributed by atoms with Gasteiger partial charge in [-0.05, 0) is 36.4 Å². The van der Waals surface area contributed by atoms with Crippen LogP contribution in [-0.2, 0) is 0 Å². The third-order valence-electron chi connectivity index (χ3n) is 3.02. The Hall–Kier alpha value is -1.69. The average Bonchev–Trinajstić information content (AvgIpc) is 2.53. The molecule has 0 bridgehead atoms. The number of aliphatic hydroxyl groups excluding tert-OH is 2. The van der Waals surface area contributed by atoms with Gasteiger partial charge < -0.3 is 15.5 Å². The Labute approximate surface area is 131 Å². The van der Waals surface area contributed by atoms with Crippen molar-refractivity contribution < 1.29 is 15.0 Å². The first-order valence-corrected chi connectivity index (χ1v) is 7.33. The molecule has 1 atom stereocenters. The van der Waals surface area contributed by atoms with E-state index in [0.717, 1.165) is 4.47 Å². The van der Waals surface area contributed by atoms with Crippen LogP contribution in [0.4, 0.5) is 5.69 Å². The van der Waals surface area contributed by atoms with Crippen molar-refractivity contribution in [3.63, 3.8) is 0 Å². The van der Waals surface area contributed by atoms with E-state index in [9.17, 15) is 9.90 Å². The van der Waals surface area contributed by atoms with Gasteiger partial charge in [-0.3, -0.25) is 4.79 Å². The summed E-state index contributed by atoms with van der Waals surface area (Å²) < 4.78 is 0.913. The van der Waals surface area contributed by atoms with E-state index in [-0.39, 0.29) is 18.9 Å². The zero-order valence-corrected chi connectivity index (χ0v) is 12.9. The number of hydrogen-bond acceptors (Lipinski definition) is 4. The number of ketones is 1. The van der Waals surface area contributed by atoms with Crippen LogP contribution in [0.2, 0.25) is 0 Å². The molecule has 0 aliphatic heterocycles. The van der Waals surface area contributed by atoms with Crippen LogP contribution in [0.5, 0.6) is 0 Å². The van der Waals surface area contributed by atoms with Crippen molar-refractivity contribution in [2.24, 2.45) is 0 Å². The number of carbonyl (C=O) groups excluding carboxylic acids is 1. The molecule has 2 rings (SSSR count). The fraction of sp³-hybridized carbons (Fsp3) is 0.188. The van der Waals surface area contributed by atoms with Crippen molar-refractivity contribution in [1.29, 1.82) is 0 Å². The molecule has 0 radical (unpaired) electrons. The molecule has 0 saturated heterocycles. The Morgan fingerprint density at radius 1 is 1.14 bits per heavy atom. The van der Waals surface area contributed by atoms with Gasteiger partial charge in [-0.2, -0.15) is 0 Å². The first-order chi connectivity index (χ1) is 10.1. The van der Waals surface area contributed by atoms with Crippen molar-refractivity contribution >= 4 is 27.4 Å². The quantitative estimate of drug-likeness (QED) is 0.700. The van der Waals surface area contributed by atoms with Crippen LogP contribution in [0.3, 0.4) is 0 Å². The van der Waals surface area contributed by atoms with E-state index >= 15 is 0 Å². The SMILES string of the molecule is O=C(c1ccc(Br)cc1)c1ccccc1NCC(O)CO. The summed E-state index contributed by atoms with van der Waals surface area (Å²) in [6, 6.07) is 14.3. The zero-order chi connectivity index (χ0) is 15.2. The summed E-state index contributed by atoms with van der Waals surface area (Å²) in [5.41, 5.74) is 1.76. The van der Waals surface area contributed by atoms with Gasteiger partial charge in [-0.15, -0.1) is 0 Å². The highest BCUT2D eigenvalue weighted by atomic mass is 79.9. The van der Waals surface area contributed by atoms with Crippen LogP contribution in [0.1, 0.15) is 15.9 Å². The maximum Gasteiger partial charge on any atom is 0.195 e. The molecule has 0 aliphatic rings. The minimum Gasteiger partial charge on any atom is -0.394 e. The molecule has 0 amide bonds. The molecule has 3 N–H and O–H groups in total. The fourth-order valence-electron chi connectivity index (χ4n) is 1.88. The monoisotopic (exact) mass is 349 g/mol. The van der Waals surface area contributed by atoms with Gasteiger partial charge in [-0.25, -0.2) is 0 Å². The molecule has 0 saturated carbocycles. The van der Waals surface area contributed by atoms with Gasteiger partial charge in [0, 0.05) is 27.8 Å². The molecule has 0 aliphatic carbocycles. The van der Waals surface area contributed by atoms with Crippen molar-refractivity contribution in [3.05, 3.63) is 64.1 Å². The Bertz CT molecular complexity index is 613. The molecule has 5 heteroatoms. The maximum absolute atomic E-state index is 12.5. The van der Waals surface area contributed by atoms with E-state index < -0.39 is 6.10 Å². The molecule has 0 spiro atoms. The summed E-state index contributed by atoms with van der Waals surface area (Å²) in [6.07, 6.45) is -0.860. The largest absolute Gasteiger partial charge is 0.394 e. The summed E-state index contributed by atoms with van der Waals surface area (Å²) in [6.45, 7) is -0.142. The third-order valence-corrected chi connectivity index (χ3v) is 3.55. The highest BCUT2D eigenvalue weighted by Crippen LogP contribution is 2.20. The number of halogens is 1. The minimum absolute atomic E-state index is 0.0934.